The second-order valence-electron chi connectivity index (χ2n) is 4.47. The highest BCUT2D eigenvalue weighted by atomic mass is 127. The van der Waals surface area contributed by atoms with Gasteiger partial charge >= 0.3 is 0 Å². The molecule has 0 spiro atoms. The van der Waals surface area contributed by atoms with E-state index in [4.69, 9.17) is 0 Å². The first kappa shape index (κ1) is 13.5. The van der Waals surface area contributed by atoms with Crippen molar-refractivity contribution in [3.63, 3.8) is 0 Å². The maximum Gasteiger partial charge on any atom is 0.293 e. The molecule has 0 bridgehead atoms. The molecule has 0 aliphatic heterocycles. The van der Waals surface area contributed by atoms with Gasteiger partial charge in [-0.05, 0) is 41.9 Å². The van der Waals surface area contributed by atoms with Crippen molar-refractivity contribution >= 4 is 34.0 Å². The van der Waals surface area contributed by atoms with Gasteiger partial charge in [0.15, 0.2) is 0 Å². The van der Waals surface area contributed by atoms with Crippen LogP contribution in [0.2, 0.25) is 0 Å². The number of nitrogens with zero attached hydrogens (tertiary/aromatic N) is 1. The number of benzene rings is 1. The Morgan fingerprint density at radius 1 is 1.56 bits per heavy atom. The van der Waals surface area contributed by atoms with Gasteiger partial charge in [-0.3, -0.25) is 10.1 Å². The molecule has 1 saturated carbocycles. The van der Waals surface area contributed by atoms with Gasteiger partial charge in [0.1, 0.15) is 11.5 Å². The molecule has 0 aromatic heterocycles. The van der Waals surface area contributed by atoms with Gasteiger partial charge in [0.2, 0.25) is 0 Å². The molecule has 1 aliphatic rings. The third-order valence-electron chi connectivity index (χ3n) is 3.13. The van der Waals surface area contributed by atoms with Gasteiger partial charge in [0.05, 0.1) is 14.1 Å². The molecule has 0 atom stereocenters. The first-order valence-electron chi connectivity index (χ1n) is 5.51. The summed E-state index contributed by atoms with van der Waals surface area (Å²) >= 11 is 1.71. The third kappa shape index (κ3) is 2.72. The van der Waals surface area contributed by atoms with Gasteiger partial charge in [0.25, 0.3) is 5.69 Å². The number of hydrogen-bond donors (Lipinski definition) is 2. The van der Waals surface area contributed by atoms with E-state index in [1.807, 2.05) is 0 Å². The Hall–Kier alpha value is -0.960. The second-order valence-corrected chi connectivity index (χ2v) is 5.63. The van der Waals surface area contributed by atoms with Gasteiger partial charge in [-0.25, -0.2) is 4.39 Å². The molecule has 5 nitrogen and oxygen atoms in total. The first-order valence-corrected chi connectivity index (χ1v) is 6.59. The lowest BCUT2D eigenvalue weighted by Gasteiger charge is -2.36. The van der Waals surface area contributed by atoms with Crippen LogP contribution in [0.1, 0.15) is 19.3 Å². The molecule has 0 amide bonds. The Morgan fingerprint density at radius 2 is 2.22 bits per heavy atom. The number of nitro groups is 1. The monoisotopic (exact) mass is 366 g/mol. The molecule has 1 aliphatic carbocycles. The van der Waals surface area contributed by atoms with Crippen LogP contribution >= 0.6 is 22.6 Å². The molecule has 0 heterocycles. The highest BCUT2D eigenvalue weighted by Gasteiger charge is 2.34. The molecule has 2 N–H and O–H groups in total. The topological polar surface area (TPSA) is 75.4 Å². The van der Waals surface area contributed by atoms with Crippen LogP contribution in [-0.4, -0.2) is 22.2 Å². The van der Waals surface area contributed by atoms with E-state index in [1.165, 1.54) is 6.07 Å². The fourth-order valence-electron chi connectivity index (χ4n) is 1.85. The zero-order valence-electron chi connectivity index (χ0n) is 9.45. The lowest BCUT2D eigenvalue weighted by atomic mass is 9.80. The van der Waals surface area contributed by atoms with Crippen molar-refractivity contribution < 1.29 is 14.4 Å². The molecule has 2 rings (SSSR count). The number of anilines is 1. The average Bonchev–Trinajstić information content (AvgIpc) is 2.27. The van der Waals surface area contributed by atoms with Crippen LogP contribution in [0.25, 0.3) is 0 Å². The maximum absolute atomic E-state index is 13.4. The molecule has 98 valence electrons. The summed E-state index contributed by atoms with van der Waals surface area (Å²) in [5, 5.41) is 23.5. The molecule has 18 heavy (non-hydrogen) atoms. The number of nitro benzene ring substituents is 1. The molecule has 0 saturated heterocycles. The van der Waals surface area contributed by atoms with Crippen LogP contribution in [0.4, 0.5) is 15.8 Å². The Kier molecular flexibility index (Phi) is 3.71. The second kappa shape index (κ2) is 4.96. The van der Waals surface area contributed by atoms with E-state index in [2.05, 4.69) is 5.32 Å². The standard InChI is InChI=1S/C11H12FIN2O3/c12-7-4-9(10(15(17)18)5-8(7)13)14-6-11(16)2-1-3-11/h4-5,14,16H,1-3,6H2. The minimum atomic E-state index is -0.812. The fourth-order valence-corrected chi connectivity index (χ4v) is 2.30. The number of hydrogen-bond acceptors (Lipinski definition) is 4. The van der Waals surface area contributed by atoms with E-state index in [1.54, 1.807) is 22.6 Å². The lowest BCUT2D eigenvalue weighted by molar-refractivity contribution is -0.384. The molecule has 0 radical (unpaired) electrons. The van der Waals surface area contributed by atoms with Crippen LogP contribution in [0.15, 0.2) is 12.1 Å². The molecule has 1 aromatic carbocycles. The number of halogens is 2. The summed E-state index contributed by atoms with van der Waals surface area (Å²) in [5.74, 6) is -0.510. The predicted molar refractivity (Wildman–Crippen MR) is 73.1 cm³/mol. The van der Waals surface area contributed by atoms with E-state index in [9.17, 15) is 19.6 Å². The Labute approximate surface area is 117 Å². The van der Waals surface area contributed by atoms with Gasteiger partial charge in [-0.1, -0.05) is 0 Å². The fraction of sp³-hybridized carbons (Fsp3) is 0.455. The Balaban J connectivity index is 2.20. The third-order valence-corrected chi connectivity index (χ3v) is 3.95. The van der Waals surface area contributed by atoms with Crippen molar-refractivity contribution in [2.45, 2.75) is 24.9 Å². The molecule has 1 aromatic rings. The van der Waals surface area contributed by atoms with Gasteiger partial charge in [-0.15, -0.1) is 0 Å². The highest BCUT2D eigenvalue weighted by molar-refractivity contribution is 14.1. The van der Waals surface area contributed by atoms with Crippen LogP contribution in [0.5, 0.6) is 0 Å². The number of rotatable bonds is 4. The zero-order chi connectivity index (χ0) is 13.3. The van der Waals surface area contributed by atoms with Crippen molar-refractivity contribution in [1.29, 1.82) is 0 Å². The van der Waals surface area contributed by atoms with E-state index in [0.29, 0.717) is 12.8 Å². The predicted octanol–water partition coefficient (Wildman–Crippen LogP) is 2.67. The molecule has 0 unspecified atom stereocenters. The Morgan fingerprint density at radius 3 is 2.72 bits per heavy atom. The minimum Gasteiger partial charge on any atom is -0.388 e. The smallest absolute Gasteiger partial charge is 0.293 e. The van der Waals surface area contributed by atoms with Crippen LogP contribution in [0.3, 0.4) is 0 Å². The summed E-state index contributed by atoms with van der Waals surface area (Å²) < 4.78 is 13.6. The quantitative estimate of drug-likeness (QED) is 0.488. The largest absolute Gasteiger partial charge is 0.388 e. The normalized spacial score (nSPS) is 17.1. The van der Waals surface area contributed by atoms with Gasteiger partial charge in [-0.2, -0.15) is 0 Å². The lowest BCUT2D eigenvalue weighted by Crippen LogP contribution is -2.43. The van der Waals surface area contributed by atoms with E-state index in [-0.39, 0.29) is 21.5 Å². The summed E-state index contributed by atoms with van der Waals surface area (Å²) in [5.41, 5.74) is -0.880. The van der Waals surface area contributed by atoms with Crippen molar-refractivity contribution in [3.8, 4) is 0 Å². The summed E-state index contributed by atoms with van der Waals surface area (Å²) in [6.07, 6.45) is 2.28. The Bertz CT molecular complexity index is 491. The van der Waals surface area contributed by atoms with E-state index < -0.39 is 16.3 Å². The SMILES string of the molecule is O=[N+]([O-])c1cc(I)c(F)cc1NCC1(O)CCC1. The summed E-state index contributed by atoms with van der Waals surface area (Å²) in [6.45, 7) is 0.202. The van der Waals surface area contributed by atoms with Crippen molar-refractivity contribution in [2.24, 2.45) is 0 Å². The highest BCUT2D eigenvalue weighted by Crippen LogP contribution is 2.34. The average molecular weight is 366 g/mol. The first-order chi connectivity index (χ1) is 8.41. The van der Waals surface area contributed by atoms with Crippen LogP contribution < -0.4 is 5.32 Å². The number of aliphatic hydroxyl groups is 1. The van der Waals surface area contributed by atoms with E-state index >= 15 is 0 Å². The van der Waals surface area contributed by atoms with Crippen molar-refractivity contribution in [3.05, 3.63) is 31.6 Å². The van der Waals surface area contributed by atoms with Crippen molar-refractivity contribution in [2.75, 3.05) is 11.9 Å². The van der Waals surface area contributed by atoms with Gasteiger partial charge < -0.3 is 10.4 Å². The van der Waals surface area contributed by atoms with Crippen LogP contribution in [0, 0.1) is 19.5 Å². The molecule has 1 fully saturated rings. The van der Waals surface area contributed by atoms with Crippen molar-refractivity contribution in [1.82, 2.24) is 0 Å². The van der Waals surface area contributed by atoms with Gasteiger partial charge in [0, 0.05) is 18.7 Å². The summed E-state index contributed by atoms with van der Waals surface area (Å²) in [6, 6.07) is 2.28. The molecular weight excluding hydrogens is 354 g/mol. The van der Waals surface area contributed by atoms with Crippen LogP contribution in [-0.2, 0) is 0 Å². The molecule has 7 heteroatoms. The summed E-state index contributed by atoms with van der Waals surface area (Å²) in [7, 11) is 0. The summed E-state index contributed by atoms with van der Waals surface area (Å²) in [4.78, 5) is 10.3. The number of nitrogens with one attached hydrogen (secondary N) is 1. The van der Waals surface area contributed by atoms with E-state index in [0.717, 1.165) is 12.5 Å². The minimum absolute atomic E-state index is 0.109. The maximum atomic E-state index is 13.4. The molecular formula is C11H12FIN2O3. The zero-order valence-corrected chi connectivity index (χ0v) is 11.6.